The fraction of sp³-hybridized carbons (Fsp3) is 0.0714. The summed E-state index contributed by atoms with van der Waals surface area (Å²) >= 11 is 13.2. The Kier molecular flexibility index (Phi) is 3.60. The van der Waals surface area contributed by atoms with Gasteiger partial charge in [0, 0.05) is 28.9 Å². The van der Waals surface area contributed by atoms with Crippen LogP contribution in [0.4, 0.5) is 5.69 Å². The molecule has 0 aliphatic rings. The summed E-state index contributed by atoms with van der Waals surface area (Å²) in [5, 5.41) is 1.81. The number of thiazole rings is 1. The molecule has 0 aliphatic heterocycles. The van der Waals surface area contributed by atoms with Gasteiger partial charge in [-0.05, 0) is 35.9 Å². The van der Waals surface area contributed by atoms with Crippen molar-refractivity contribution in [3.05, 3.63) is 58.1 Å². The fourth-order valence-electron chi connectivity index (χ4n) is 1.88. The van der Waals surface area contributed by atoms with Crippen LogP contribution in [0.3, 0.4) is 0 Å². The molecule has 2 nitrogen and oxygen atoms in total. The molecule has 1 aromatic heterocycles. The standard InChI is InChI=1S/C14H10Cl2N2S/c15-10-3-6-13-12(8-10)17-14(19-13)7-9-1-4-11(18-16)5-2-9/h1-6,8,18H,7H2. The predicted molar refractivity (Wildman–Crippen MR) is 83.4 cm³/mol. The molecule has 0 unspecified atom stereocenters. The SMILES string of the molecule is ClNc1ccc(Cc2nc3cc(Cl)ccc3s2)cc1. The summed E-state index contributed by atoms with van der Waals surface area (Å²) in [6.45, 7) is 0. The van der Waals surface area contributed by atoms with Gasteiger partial charge >= 0.3 is 0 Å². The second-order valence-corrected chi connectivity index (χ2v) is 5.93. The van der Waals surface area contributed by atoms with Crippen molar-refractivity contribution >= 4 is 50.6 Å². The number of benzene rings is 2. The molecular formula is C14H10Cl2N2S. The fourth-order valence-corrected chi connectivity index (χ4v) is 3.16. The molecule has 0 saturated carbocycles. The molecule has 1 heterocycles. The molecule has 1 N–H and O–H groups in total. The zero-order valence-electron chi connectivity index (χ0n) is 9.86. The lowest BCUT2D eigenvalue weighted by Crippen LogP contribution is -1.87. The van der Waals surface area contributed by atoms with Gasteiger partial charge in [-0.3, -0.25) is 4.84 Å². The summed E-state index contributed by atoms with van der Waals surface area (Å²) in [6, 6.07) is 13.8. The van der Waals surface area contributed by atoms with Gasteiger partial charge in [0.1, 0.15) is 0 Å². The summed E-state index contributed by atoms with van der Waals surface area (Å²) in [5.41, 5.74) is 3.06. The first-order valence-electron chi connectivity index (χ1n) is 5.75. The Hall–Kier alpha value is -1.29. The number of rotatable bonds is 3. The van der Waals surface area contributed by atoms with E-state index in [1.165, 1.54) is 10.3 Å². The molecule has 0 fully saturated rings. The summed E-state index contributed by atoms with van der Waals surface area (Å²) in [7, 11) is 0. The van der Waals surface area contributed by atoms with E-state index in [9.17, 15) is 0 Å². The van der Waals surface area contributed by atoms with Gasteiger partial charge in [-0.2, -0.15) is 0 Å². The Balaban J connectivity index is 1.87. The van der Waals surface area contributed by atoms with Crippen LogP contribution in [-0.2, 0) is 6.42 Å². The van der Waals surface area contributed by atoms with Gasteiger partial charge in [0.2, 0.25) is 0 Å². The maximum absolute atomic E-state index is 5.97. The maximum atomic E-state index is 5.97. The number of hydrogen-bond acceptors (Lipinski definition) is 3. The van der Waals surface area contributed by atoms with Crippen LogP contribution < -0.4 is 4.84 Å². The average Bonchev–Trinajstić information content (AvgIpc) is 2.81. The third kappa shape index (κ3) is 2.84. The Labute approximate surface area is 125 Å². The van der Waals surface area contributed by atoms with Crippen molar-refractivity contribution in [2.45, 2.75) is 6.42 Å². The van der Waals surface area contributed by atoms with Gasteiger partial charge in [-0.25, -0.2) is 4.98 Å². The quantitative estimate of drug-likeness (QED) is 0.680. The number of anilines is 1. The normalized spacial score (nSPS) is 10.8. The van der Waals surface area contributed by atoms with E-state index in [1.807, 2.05) is 42.5 Å². The number of nitrogens with one attached hydrogen (secondary N) is 1. The Bertz CT molecular complexity index is 707. The molecule has 0 amide bonds. The molecule has 3 aromatic rings. The van der Waals surface area contributed by atoms with Crippen LogP contribution in [0.1, 0.15) is 10.6 Å². The van der Waals surface area contributed by atoms with Crippen LogP contribution in [0, 0.1) is 0 Å². The minimum atomic E-state index is 0.724. The number of aromatic nitrogens is 1. The number of hydrogen-bond donors (Lipinski definition) is 1. The summed E-state index contributed by atoms with van der Waals surface area (Å²) in [6.07, 6.45) is 0.819. The first-order valence-corrected chi connectivity index (χ1v) is 7.32. The van der Waals surface area contributed by atoms with Crippen LogP contribution in [0.2, 0.25) is 5.02 Å². The van der Waals surface area contributed by atoms with Crippen LogP contribution in [0.5, 0.6) is 0 Å². The van der Waals surface area contributed by atoms with Gasteiger partial charge < -0.3 is 0 Å². The highest BCUT2D eigenvalue weighted by molar-refractivity contribution is 7.18. The third-order valence-electron chi connectivity index (χ3n) is 2.81. The minimum Gasteiger partial charge on any atom is -0.299 e. The van der Waals surface area contributed by atoms with Crippen molar-refractivity contribution < 1.29 is 0 Å². The monoisotopic (exact) mass is 308 g/mol. The highest BCUT2D eigenvalue weighted by Gasteiger charge is 2.05. The molecule has 3 rings (SSSR count). The van der Waals surface area contributed by atoms with Gasteiger partial charge in [0.05, 0.1) is 15.2 Å². The van der Waals surface area contributed by atoms with Crippen molar-refractivity contribution in [3.8, 4) is 0 Å². The summed E-state index contributed by atoms with van der Waals surface area (Å²) in [4.78, 5) is 7.19. The van der Waals surface area contributed by atoms with E-state index in [-0.39, 0.29) is 0 Å². The highest BCUT2D eigenvalue weighted by atomic mass is 35.5. The van der Waals surface area contributed by atoms with Crippen molar-refractivity contribution in [3.63, 3.8) is 0 Å². The van der Waals surface area contributed by atoms with Gasteiger partial charge in [-0.15, -0.1) is 11.3 Å². The highest BCUT2D eigenvalue weighted by Crippen LogP contribution is 2.26. The lowest BCUT2D eigenvalue weighted by molar-refractivity contribution is 1.16. The Morgan fingerprint density at radius 1 is 1.11 bits per heavy atom. The lowest BCUT2D eigenvalue weighted by Gasteiger charge is -2.00. The molecule has 0 atom stereocenters. The van der Waals surface area contributed by atoms with Gasteiger partial charge in [0.25, 0.3) is 0 Å². The Morgan fingerprint density at radius 2 is 1.89 bits per heavy atom. The van der Waals surface area contributed by atoms with Crippen molar-refractivity contribution in [2.24, 2.45) is 0 Å². The van der Waals surface area contributed by atoms with Crippen LogP contribution >= 0.6 is 34.7 Å². The largest absolute Gasteiger partial charge is 0.299 e. The Morgan fingerprint density at radius 3 is 2.63 bits per heavy atom. The van der Waals surface area contributed by atoms with Gasteiger partial charge in [-0.1, -0.05) is 23.7 Å². The lowest BCUT2D eigenvalue weighted by atomic mass is 10.1. The first kappa shape index (κ1) is 12.7. The van der Waals surface area contributed by atoms with E-state index < -0.39 is 0 Å². The predicted octanol–water partition coefficient (Wildman–Crippen LogP) is 5.11. The molecule has 0 spiro atoms. The van der Waals surface area contributed by atoms with Crippen molar-refractivity contribution in [2.75, 3.05) is 4.84 Å². The third-order valence-corrected chi connectivity index (χ3v) is 4.30. The first-order chi connectivity index (χ1) is 9.24. The number of fused-ring (bicyclic) bond motifs is 1. The zero-order chi connectivity index (χ0) is 13.2. The number of nitrogens with zero attached hydrogens (tertiary/aromatic N) is 1. The zero-order valence-corrected chi connectivity index (χ0v) is 12.2. The molecule has 19 heavy (non-hydrogen) atoms. The molecule has 2 aromatic carbocycles. The van der Waals surface area contributed by atoms with E-state index >= 15 is 0 Å². The van der Waals surface area contributed by atoms with Crippen molar-refractivity contribution in [1.82, 2.24) is 4.98 Å². The maximum Gasteiger partial charge on any atom is 0.0982 e. The second kappa shape index (κ2) is 5.37. The van der Waals surface area contributed by atoms with E-state index in [2.05, 4.69) is 9.82 Å². The molecule has 0 aliphatic carbocycles. The number of halogens is 2. The minimum absolute atomic E-state index is 0.724. The molecule has 0 bridgehead atoms. The summed E-state index contributed by atoms with van der Waals surface area (Å²) in [5.74, 6) is 0. The second-order valence-electron chi connectivity index (χ2n) is 4.19. The molecule has 0 saturated heterocycles. The molecule has 96 valence electrons. The molecule has 5 heteroatoms. The molecule has 0 radical (unpaired) electrons. The summed E-state index contributed by atoms with van der Waals surface area (Å²) < 4.78 is 1.17. The van der Waals surface area contributed by atoms with Crippen molar-refractivity contribution in [1.29, 1.82) is 0 Å². The van der Waals surface area contributed by atoms with E-state index in [0.29, 0.717) is 0 Å². The molecular weight excluding hydrogens is 299 g/mol. The van der Waals surface area contributed by atoms with E-state index in [4.69, 9.17) is 23.4 Å². The van der Waals surface area contributed by atoms with E-state index in [1.54, 1.807) is 11.3 Å². The van der Waals surface area contributed by atoms with Gasteiger partial charge in [0.15, 0.2) is 0 Å². The van der Waals surface area contributed by atoms with E-state index in [0.717, 1.165) is 27.7 Å². The topological polar surface area (TPSA) is 24.9 Å². The smallest absolute Gasteiger partial charge is 0.0982 e. The van der Waals surface area contributed by atoms with Crippen LogP contribution in [0.25, 0.3) is 10.2 Å². The van der Waals surface area contributed by atoms with Crippen LogP contribution in [-0.4, -0.2) is 4.98 Å². The van der Waals surface area contributed by atoms with Crippen LogP contribution in [0.15, 0.2) is 42.5 Å². The average molecular weight is 309 g/mol.